The molecule has 5 nitrogen and oxygen atoms in total. The summed E-state index contributed by atoms with van der Waals surface area (Å²) in [4.78, 5) is 14.6. The molecule has 0 aromatic carbocycles. The van der Waals surface area contributed by atoms with Crippen molar-refractivity contribution < 1.29 is 14.3 Å². The van der Waals surface area contributed by atoms with E-state index in [1.807, 2.05) is 0 Å². The molecule has 1 aromatic rings. The van der Waals surface area contributed by atoms with Crippen LogP contribution in [0.2, 0.25) is 0 Å². The zero-order valence-electron chi connectivity index (χ0n) is 7.82. The molecule has 1 amide bonds. The lowest BCUT2D eigenvalue weighted by Crippen LogP contribution is -2.14. The number of hydrogen-bond donors (Lipinski definition) is 1. The van der Waals surface area contributed by atoms with Gasteiger partial charge in [0.1, 0.15) is 12.3 Å². The molecular formula is C9H11N2O3. The van der Waals surface area contributed by atoms with Crippen LogP contribution in [0.5, 0.6) is 5.88 Å². The van der Waals surface area contributed by atoms with E-state index in [2.05, 4.69) is 11.1 Å². The number of primary amides is 1. The number of carbonyl (C=O) groups excluding carboxylic acids is 1. The highest BCUT2D eigenvalue weighted by molar-refractivity contribution is 5.90. The van der Waals surface area contributed by atoms with E-state index in [-0.39, 0.29) is 5.69 Å². The van der Waals surface area contributed by atoms with Gasteiger partial charge in [0.25, 0.3) is 5.91 Å². The second kappa shape index (κ2) is 5.18. The number of hydrogen-bond acceptors (Lipinski definition) is 4. The molecule has 0 aliphatic heterocycles. The Morgan fingerprint density at radius 1 is 1.64 bits per heavy atom. The number of pyridine rings is 1. The topological polar surface area (TPSA) is 74.4 Å². The molecule has 0 saturated carbocycles. The van der Waals surface area contributed by atoms with Crippen molar-refractivity contribution in [2.45, 2.75) is 0 Å². The molecule has 1 radical (unpaired) electrons. The highest BCUT2D eigenvalue weighted by atomic mass is 16.5. The number of nitrogens with two attached hydrogens (primary N) is 1. The average molecular weight is 195 g/mol. The standard InChI is InChI=1S/C9H11N2O3/c1-13-5-6-14-8-4-2-3-7(11-8)9(10)12/h2,4H,5-6H2,1H3,(H2,10,12). The van der Waals surface area contributed by atoms with Gasteiger partial charge in [0.2, 0.25) is 5.88 Å². The van der Waals surface area contributed by atoms with Crippen molar-refractivity contribution in [3.63, 3.8) is 0 Å². The summed E-state index contributed by atoms with van der Waals surface area (Å²) in [5.74, 6) is -0.281. The summed E-state index contributed by atoms with van der Waals surface area (Å²) in [7, 11) is 1.57. The second-order valence-corrected chi connectivity index (χ2v) is 2.48. The van der Waals surface area contributed by atoms with Crippen LogP contribution in [0.25, 0.3) is 0 Å². The highest BCUT2D eigenvalue weighted by Gasteiger charge is 2.03. The maximum absolute atomic E-state index is 10.7. The van der Waals surface area contributed by atoms with Crippen LogP contribution in [0.3, 0.4) is 0 Å². The molecule has 1 aromatic heterocycles. The van der Waals surface area contributed by atoms with Gasteiger partial charge in [0.05, 0.1) is 6.61 Å². The number of methoxy groups -OCH3 is 1. The largest absolute Gasteiger partial charge is 0.475 e. The van der Waals surface area contributed by atoms with E-state index in [4.69, 9.17) is 15.2 Å². The molecular weight excluding hydrogens is 184 g/mol. The van der Waals surface area contributed by atoms with Gasteiger partial charge >= 0.3 is 0 Å². The Bertz CT molecular complexity index is 315. The quantitative estimate of drug-likeness (QED) is 0.671. The minimum Gasteiger partial charge on any atom is -0.475 e. The number of carbonyl (C=O) groups is 1. The van der Waals surface area contributed by atoms with Crippen molar-refractivity contribution in [1.29, 1.82) is 0 Å². The van der Waals surface area contributed by atoms with Crippen LogP contribution in [-0.2, 0) is 4.74 Å². The molecule has 0 fully saturated rings. The molecule has 0 saturated heterocycles. The number of ether oxygens (including phenoxy) is 2. The van der Waals surface area contributed by atoms with Crippen molar-refractivity contribution in [3.05, 3.63) is 23.9 Å². The Hall–Kier alpha value is -1.62. The Morgan fingerprint density at radius 2 is 2.43 bits per heavy atom. The predicted molar refractivity (Wildman–Crippen MR) is 49.0 cm³/mol. The van der Waals surface area contributed by atoms with Gasteiger partial charge in [-0.05, 0) is 6.07 Å². The van der Waals surface area contributed by atoms with Gasteiger partial charge in [-0.2, -0.15) is 0 Å². The van der Waals surface area contributed by atoms with Crippen molar-refractivity contribution in [3.8, 4) is 5.88 Å². The molecule has 14 heavy (non-hydrogen) atoms. The third kappa shape index (κ3) is 3.02. The first kappa shape index (κ1) is 10.5. The van der Waals surface area contributed by atoms with Gasteiger partial charge in [-0.3, -0.25) is 4.79 Å². The molecule has 0 aliphatic carbocycles. The third-order valence-corrected chi connectivity index (χ3v) is 1.44. The van der Waals surface area contributed by atoms with Crippen LogP contribution < -0.4 is 10.5 Å². The first-order chi connectivity index (χ1) is 6.74. The van der Waals surface area contributed by atoms with Crippen LogP contribution in [-0.4, -0.2) is 31.2 Å². The van der Waals surface area contributed by atoms with E-state index in [0.717, 1.165) is 0 Å². The fourth-order valence-corrected chi connectivity index (χ4v) is 0.808. The van der Waals surface area contributed by atoms with E-state index in [9.17, 15) is 4.79 Å². The lowest BCUT2D eigenvalue weighted by atomic mass is 10.3. The van der Waals surface area contributed by atoms with Crippen LogP contribution >= 0.6 is 0 Å². The van der Waals surface area contributed by atoms with Gasteiger partial charge < -0.3 is 15.2 Å². The van der Waals surface area contributed by atoms with Crippen LogP contribution in [0.15, 0.2) is 12.1 Å². The molecule has 0 atom stereocenters. The summed E-state index contributed by atoms with van der Waals surface area (Å²) < 4.78 is 9.96. The van der Waals surface area contributed by atoms with Crippen LogP contribution in [0, 0.1) is 6.07 Å². The van der Waals surface area contributed by atoms with Crippen LogP contribution in [0.4, 0.5) is 0 Å². The number of nitrogens with zero attached hydrogens (tertiary/aromatic N) is 1. The Labute approximate surface area is 81.8 Å². The monoisotopic (exact) mass is 195 g/mol. The predicted octanol–water partition coefficient (Wildman–Crippen LogP) is 0.00589. The Balaban J connectivity index is 2.59. The molecule has 2 N–H and O–H groups in total. The van der Waals surface area contributed by atoms with Crippen molar-refractivity contribution >= 4 is 5.91 Å². The lowest BCUT2D eigenvalue weighted by molar-refractivity contribution is 0.0993. The minimum atomic E-state index is -0.623. The van der Waals surface area contributed by atoms with E-state index >= 15 is 0 Å². The van der Waals surface area contributed by atoms with E-state index in [0.29, 0.717) is 19.1 Å². The molecule has 1 rings (SSSR count). The van der Waals surface area contributed by atoms with Crippen molar-refractivity contribution in [1.82, 2.24) is 4.98 Å². The summed E-state index contributed by atoms with van der Waals surface area (Å²) in [6.07, 6.45) is 0. The summed E-state index contributed by atoms with van der Waals surface area (Å²) in [5, 5.41) is 0. The van der Waals surface area contributed by atoms with Gasteiger partial charge in [-0.25, -0.2) is 4.98 Å². The second-order valence-electron chi connectivity index (χ2n) is 2.48. The molecule has 75 valence electrons. The van der Waals surface area contributed by atoms with Crippen molar-refractivity contribution in [2.24, 2.45) is 5.73 Å². The Morgan fingerprint density at radius 3 is 3.07 bits per heavy atom. The van der Waals surface area contributed by atoms with Crippen LogP contribution in [0.1, 0.15) is 10.5 Å². The lowest BCUT2D eigenvalue weighted by Gasteiger charge is -2.04. The molecule has 0 spiro atoms. The van der Waals surface area contributed by atoms with E-state index in [1.165, 1.54) is 6.07 Å². The number of aromatic nitrogens is 1. The minimum absolute atomic E-state index is 0.0694. The third-order valence-electron chi connectivity index (χ3n) is 1.44. The first-order valence-corrected chi connectivity index (χ1v) is 4.04. The zero-order valence-corrected chi connectivity index (χ0v) is 7.82. The SMILES string of the molecule is COCCOc1cc[c]c(C(N)=O)n1. The fourth-order valence-electron chi connectivity index (χ4n) is 0.808. The number of amides is 1. The average Bonchev–Trinajstić information content (AvgIpc) is 2.19. The molecule has 0 bridgehead atoms. The maximum atomic E-state index is 10.7. The summed E-state index contributed by atoms with van der Waals surface area (Å²) in [6.45, 7) is 0.845. The van der Waals surface area contributed by atoms with E-state index in [1.54, 1.807) is 13.2 Å². The van der Waals surface area contributed by atoms with Gasteiger partial charge in [0, 0.05) is 19.2 Å². The molecule has 0 unspecified atom stereocenters. The van der Waals surface area contributed by atoms with Gasteiger partial charge in [-0.15, -0.1) is 0 Å². The highest BCUT2D eigenvalue weighted by Crippen LogP contribution is 2.06. The number of rotatable bonds is 5. The van der Waals surface area contributed by atoms with E-state index < -0.39 is 5.91 Å². The first-order valence-electron chi connectivity index (χ1n) is 4.04. The summed E-state index contributed by atoms with van der Waals surface area (Å²) >= 11 is 0. The fraction of sp³-hybridized carbons (Fsp3) is 0.333. The molecule has 5 heteroatoms. The molecule has 1 heterocycles. The van der Waals surface area contributed by atoms with Gasteiger partial charge in [-0.1, -0.05) is 0 Å². The maximum Gasteiger partial charge on any atom is 0.268 e. The zero-order chi connectivity index (χ0) is 10.4. The molecule has 0 aliphatic rings. The smallest absolute Gasteiger partial charge is 0.268 e. The van der Waals surface area contributed by atoms with Crippen molar-refractivity contribution in [2.75, 3.05) is 20.3 Å². The Kier molecular flexibility index (Phi) is 3.87. The summed E-state index contributed by atoms with van der Waals surface area (Å²) in [6, 6.07) is 5.74. The normalized spacial score (nSPS) is 9.79. The van der Waals surface area contributed by atoms with Gasteiger partial charge in [0.15, 0.2) is 0 Å². The summed E-state index contributed by atoms with van der Waals surface area (Å²) in [5.41, 5.74) is 5.09.